The summed E-state index contributed by atoms with van der Waals surface area (Å²) in [6.45, 7) is 3.97. The molecule has 7 nitrogen and oxygen atoms in total. The number of carbonyl (C=O) groups excluding carboxylic acids is 2. The van der Waals surface area contributed by atoms with Crippen molar-refractivity contribution in [2.45, 2.75) is 49.5 Å². The second-order valence-electron chi connectivity index (χ2n) is 12.1. The van der Waals surface area contributed by atoms with Gasteiger partial charge in [-0.1, -0.05) is 83.9 Å². The van der Waals surface area contributed by atoms with E-state index in [-0.39, 0.29) is 29.8 Å². The van der Waals surface area contributed by atoms with Gasteiger partial charge in [0.2, 0.25) is 0 Å². The van der Waals surface area contributed by atoms with Crippen molar-refractivity contribution in [3.05, 3.63) is 106 Å². The standard InChI is InChI=1S/C35H42Cl2N4O3.ClH/c1-39(44-2)33(43)38-35(28-14-7-4-8-15-28)20-24-40(25-21-35)22-10-18-34(29-16-9-17-30(36)31(29)37)19-11-23-41(26-34)32(42)27-12-5-3-6-13-27;/h3-9,12-17H,10-11,18-26H2,1-2H3,(H,38,43);1H. The molecule has 0 aliphatic carbocycles. The third-order valence-corrected chi connectivity index (χ3v) is 10.3. The maximum Gasteiger partial charge on any atom is 0.341 e. The fraction of sp³-hybridized carbons (Fsp3) is 0.429. The molecule has 10 heteroatoms. The highest BCUT2D eigenvalue weighted by Gasteiger charge is 2.41. The van der Waals surface area contributed by atoms with Crippen molar-refractivity contribution in [1.82, 2.24) is 20.2 Å². The lowest BCUT2D eigenvalue weighted by Crippen LogP contribution is -2.55. The summed E-state index contributed by atoms with van der Waals surface area (Å²) in [5.41, 5.74) is 2.10. The van der Waals surface area contributed by atoms with E-state index in [1.807, 2.05) is 65.6 Å². The maximum absolute atomic E-state index is 13.5. The fourth-order valence-electron chi connectivity index (χ4n) is 6.95. The van der Waals surface area contributed by atoms with Gasteiger partial charge in [0.1, 0.15) is 0 Å². The monoisotopic (exact) mass is 672 g/mol. The summed E-state index contributed by atoms with van der Waals surface area (Å²) in [6, 6.07) is 25.3. The summed E-state index contributed by atoms with van der Waals surface area (Å²) in [5.74, 6) is 0.0577. The highest BCUT2D eigenvalue weighted by atomic mass is 35.5. The molecule has 0 saturated carbocycles. The van der Waals surface area contributed by atoms with Crippen LogP contribution in [0.15, 0.2) is 78.9 Å². The van der Waals surface area contributed by atoms with Crippen LogP contribution in [-0.2, 0) is 15.8 Å². The predicted molar refractivity (Wildman–Crippen MR) is 183 cm³/mol. The zero-order chi connectivity index (χ0) is 31.2. The molecule has 5 rings (SSSR count). The van der Waals surface area contributed by atoms with Gasteiger partial charge in [0.05, 0.1) is 22.7 Å². The van der Waals surface area contributed by atoms with Crippen LogP contribution in [0.3, 0.4) is 0 Å². The van der Waals surface area contributed by atoms with E-state index in [4.69, 9.17) is 28.0 Å². The Morgan fingerprint density at radius 2 is 1.58 bits per heavy atom. The van der Waals surface area contributed by atoms with E-state index in [0.29, 0.717) is 22.2 Å². The highest BCUT2D eigenvalue weighted by Crippen LogP contribution is 2.44. The molecule has 0 spiro atoms. The number of urea groups is 1. The fourth-order valence-corrected chi connectivity index (χ4v) is 7.45. The van der Waals surface area contributed by atoms with Crippen LogP contribution in [0, 0.1) is 0 Å². The van der Waals surface area contributed by atoms with Gasteiger partial charge in [0.15, 0.2) is 0 Å². The van der Waals surface area contributed by atoms with Crippen molar-refractivity contribution in [1.29, 1.82) is 0 Å². The smallest absolute Gasteiger partial charge is 0.338 e. The first-order valence-corrected chi connectivity index (χ1v) is 16.2. The minimum Gasteiger partial charge on any atom is -0.338 e. The molecule has 242 valence electrons. The Kier molecular flexibility index (Phi) is 12.2. The van der Waals surface area contributed by atoms with Gasteiger partial charge >= 0.3 is 6.03 Å². The van der Waals surface area contributed by atoms with E-state index in [9.17, 15) is 9.59 Å². The third kappa shape index (κ3) is 7.95. The van der Waals surface area contributed by atoms with Crippen molar-refractivity contribution >= 4 is 47.5 Å². The number of likely N-dealkylation sites (tertiary alicyclic amines) is 2. The lowest BCUT2D eigenvalue weighted by Gasteiger charge is -2.45. The molecular weight excluding hydrogens is 631 g/mol. The van der Waals surface area contributed by atoms with Crippen LogP contribution in [0.25, 0.3) is 0 Å². The first-order chi connectivity index (χ1) is 21.3. The molecule has 2 aliphatic rings. The molecule has 1 atom stereocenters. The van der Waals surface area contributed by atoms with Crippen LogP contribution in [0.4, 0.5) is 4.79 Å². The van der Waals surface area contributed by atoms with Gasteiger partial charge in [-0.05, 0) is 74.4 Å². The SMILES string of the molecule is CON(C)C(=O)NC1(c2ccccc2)CCN(CCCC2(c3cccc(Cl)c3Cl)CCCN(C(=O)c3ccccc3)C2)CC1.Cl. The first-order valence-electron chi connectivity index (χ1n) is 15.4. The van der Waals surface area contributed by atoms with Crippen LogP contribution in [0.5, 0.6) is 0 Å². The van der Waals surface area contributed by atoms with E-state index in [0.717, 1.165) is 75.8 Å². The Morgan fingerprint density at radius 1 is 0.911 bits per heavy atom. The third-order valence-electron chi connectivity index (χ3n) is 9.48. The zero-order valence-corrected chi connectivity index (χ0v) is 28.3. The topological polar surface area (TPSA) is 65.1 Å². The molecule has 0 bridgehead atoms. The molecule has 0 radical (unpaired) electrons. The first kappa shape index (κ1) is 35.1. The molecule has 2 saturated heterocycles. The van der Waals surface area contributed by atoms with E-state index in [1.165, 1.54) is 12.2 Å². The van der Waals surface area contributed by atoms with E-state index in [2.05, 4.69) is 28.4 Å². The van der Waals surface area contributed by atoms with Crippen molar-refractivity contribution in [3.63, 3.8) is 0 Å². The van der Waals surface area contributed by atoms with Gasteiger partial charge in [0.25, 0.3) is 5.91 Å². The van der Waals surface area contributed by atoms with Crippen LogP contribution < -0.4 is 5.32 Å². The Hall–Kier alpha value is -2.81. The molecule has 3 amide bonds. The highest BCUT2D eigenvalue weighted by molar-refractivity contribution is 6.42. The van der Waals surface area contributed by atoms with Crippen molar-refractivity contribution in [2.75, 3.05) is 46.9 Å². The number of hydrogen-bond donors (Lipinski definition) is 1. The summed E-state index contributed by atoms with van der Waals surface area (Å²) in [4.78, 5) is 36.0. The molecule has 2 fully saturated rings. The molecular formula is C35H43Cl3N4O3. The number of nitrogens with zero attached hydrogens (tertiary/aromatic N) is 3. The summed E-state index contributed by atoms with van der Waals surface area (Å²) in [7, 11) is 3.11. The van der Waals surface area contributed by atoms with Gasteiger partial charge in [-0.15, -0.1) is 12.4 Å². The lowest BCUT2D eigenvalue weighted by molar-refractivity contribution is -0.0684. The number of halogens is 3. The molecule has 1 N–H and O–H groups in total. The minimum atomic E-state index is -0.459. The summed E-state index contributed by atoms with van der Waals surface area (Å²) < 4.78 is 0. The minimum absolute atomic E-state index is 0. The number of carbonyl (C=O) groups is 2. The van der Waals surface area contributed by atoms with Crippen LogP contribution in [0.2, 0.25) is 10.0 Å². The molecule has 0 aromatic heterocycles. The second kappa shape index (κ2) is 15.7. The zero-order valence-electron chi connectivity index (χ0n) is 26.0. The average Bonchev–Trinajstić information content (AvgIpc) is 3.07. The molecule has 3 aromatic carbocycles. The van der Waals surface area contributed by atoms with Gasteiger partial charge in [-0.3, -0.25) is 9.63 Å². The number of hydrogen-bond acceptors (Lipinski definition) is 4. The number of amides is 3. The largest absolute Gasteiger partial charge is 0.341 e. The van der Waals surface area contributed by atoms with E-state index in [1.54, 1.807) is 7.05 Å². The number of benzene rings is 3. The van der Waals surface area contributed by atoms with Crippen molar-refractivity contribution in [2.24, 2.45) is 0 Å². The average molecular weight is 674 g/mol. The van der Waals surface area contributed by atoms with Crippen molar-refractivity contribution in [3.8, 4) is 0 Å². The van der Waals surface area contributed by atoms with E-state index >= 15 is 0 Å². The Balaban J connectivity index is 0.00000461. The predicted octanol–water partition coefficient (Wildman–Crippen LogP) is 7.56. The van der Waals surface area contributed by atoms with Gasteiger partial charge < -0.3 is 15.1 Å². The maximum atomic E-state index is 13.5. The number of piperidine rings is 2. The van der Waals surface area contributed by atoms with Gasteiger partial charge in [-0.2, -0.15) is 0 Å². The van der Waals surface area contributed by atoms with Crippen LogP contribution >= 0.6 is 35.6 Å². The number of hydroxylamine groups is 2. The molecule has 3 aromatic rings. The Morgan fingerprint density at radius 3 is 2.24 bits per heavy atom. The molecule has 1 unspecified atom stereocenters. The lowest BCUT2D eigenvalue weighted by atomic mass is 9.70. The summed E-state index contributed by atoms with van der Waals surface area (Å²) in [6.07, 6.45) is 5.28. The number of nitrogens with one attached hydrogen (secondary N) is 1. The summed E-state index contributed by atoms with van der Waals surface area (Å²) >= 11 is 13.4. The normalized spacial score (nSPS) is 19.8. The number of rotatable bonds is 9. The quantitative estimate of drug-likeness (QED) is 0.238. The summed E-state index contributed by atoms with van der Waals surface area (Å²) in [5, 5.41) is 5.63. The second-order valence-corrected chi connectivity index (χ2v) is 12.9. The Bertz CT molecular complexity index is 1420. The van der Waals surface area contributed by atoms with Crippen LogP contribution in [0.1, 0.15) is 60.0 Å². The van der Waals surface area contributed by atoms with E-state index < -0.39 is 5.54 Å². The van der Waals surface area contributed by atoms with Gasteiger partial charge in [0, 0.05) is 44.2 Å². The molecule has 2 heterocycles. The Labute approximate surface area is 283 Å². The van der Waals surface area contributed by atoms with Gasteiger partial charge in [-0.25, -0.2) is 9.86 Å². The van der Waals surface area contributed by atoms with Crippen LogP contribution in [-0.4, -0.2) is 73.7 Å². The molecule has 45 heavy (non-hydrogen) atoms. The molecule has 2 aliphatic heterocycles. The van der Waals surface area contributed by atoms with Crippen molar-refractivity contribution < 1.29 is 14.4 Å².